The van der Waals surface area contributed by atoms with Gasteiger partial charge in [-0.15, -0.1) is 0 Å². The fourth-order valence-electron chi connectivity index (χ4n) is 0.945. The van der Waals surface area contributed by atoms with E-state index in [1.165, 1.54) is 0 Å². The molecule has 1 N–H and O–H groups in total. The molecule has 1 aromatic rings. The molecule has 0 unspecified atom stereocenters. The van der Waals surface area contributed by atoms with E-state index in [-0.39, 0.29) is 16.7 Å². The molecule has 1 aromatic carbocycles. The van der Waals surface area contributed by atoms with Crippen LogP contribution in [0.2, 0.25) is 5.02 Å². The van der Waals surface area contributed by atoms with Gasteiger partial charge in [0.2, 0.25) is 0 Å². The molecule has 0 aliphatic carbocycles. The third kappa shape index (κ3) is 3.45. The maximum atomic E-state index is 12.9. The van der Waals surface area contributed by atoms with Crippen LogP contribution in [0.4, 0.5) is 17.6 Å². The first-order valence-corrected chi connectivity index (χ1v) is 4.57. The summed E-state index contributed by atoms with van der Waals surface area (Å²) in [6.45, 7) is 0. The maximum Gasteiger partial charge on any atom is 0.454 e. The van der Waals surface area contributed by atoms with Crippen LogP contribution in [0.15, 0.2) is 24.3 Å². The van der Waals surface area contributed by atoms with E-state index < -0.39 is 23.5 Å². The molecule has 0 fully saturated rings. The van der Waals surface area contributed by atoms with E-state index >= 15 is 0 Å². The lowest BCUT2D eigenvalue weighted by Gasteiger charge is -2.03. The third-order valence-corrected chi connectivity index (χ3v) is 2.07. The molecule has 0 saturated heterocycles. The quantitative estimate of drug-likeness (QED) is 0.506. The van der Waals surface area contributed by atoms with Crippen molar-refractivity contribution < 1.29 is 27.5 Å². The van der Waals surface area contributed by atoms with E-state index in [0.717, 1.165) is 18.2 Å². The smallest absolute Gasteiger partial charge is 0.454 e. The molecular formula is C10H5ClF4O2. The second kappa shape index (κ2) is 4.75. The van der Waals surface area contributed by atoms with Crippen molar-refractivity contribution in [2.45, 2.75) is 6.18 Å². The SMILES string of the molecule is O=C(/C=C(\O)c1ccc(Cl)c(F)c1)C(F)(F)F. The molecule has 0 spiro atoms. The van der Waals surface area contributed by atoms with Crippen molar-refractivity contribution in [2.75, 3.05) is 0 Å². The van der Waals surface area contributed by atoms with Crippen LogP contribution in [-0.4, -0.2) is 17.1 Å². The first-order valence-electron chi connectivity index (χ1n) is 4.19. The van der Waals surface area contributed by atoms with E-state index in [4.69, 9.17) is 11.6 Å². The van der Waals surface area contributed by atoms with Crippen LogP contribution in [-0.2, 0) is 4.79 Å². The molecule has 0 aliphatic rings. The van der Waals surface area contributed by atoms with Gasteiger partial charge in [0, 0.05) is 11.6 Å². The Balaban J connectivity index is 3.04. The van der Waals surface area contributed by atoms with Crippen LogP contribution in [0.1, 0.15) is 5.56 Å². The monoisotopic (exact) mass is 268 g/mol. The van der Waals surface area contributed by atoms with Gasteiger partial charge in [0.1, 0.15) is 11.6 Å². The zero-order valence-electron chi connectivity index (χ0n) is 8.05. The lowest BCUT2D eigenvalue weighted by atomic mass is 10.1. The standard InChI is InChI=1S/C10H5ClF4O2/c11-6-2-1-5(3-7(6)12)8(16)4-9(17)10(13,14)15/h1-4,16H/b8-4-. The van der Waals surface area contributed by atoms with Crippen LogP contribution in [0, 0.1) is 5.82 Å². The predicted molar refractivity (Wildman–Crippen MR) is 53.1 cm³/mol. The molecule has 1 rings (SSSR count). The molecule has 0 heterocycles. The van der Waals surface area contributed by atoms with Gasteiger partial charge in [-0.25, -0.2) is 4.39 Å². The Hall–Kier alpha value is -1.56. The molecule has 0 saturated carbocycles. The summed E-state index contributed by atoms with van der Waals surface area (Å²) in [4.78, 5) is 10.5. The number of allylic oxidation sites excluding steroid dienone is 1. The van der Waals surface area contributed by atoms with Gasteiger partial charge in [-0.3, -0.25) is 4.79 Å². The number of benzene rings is 1. The Morgan fingerprint density at radius 2 is 1.94 bits per heavy atom. The summed E-state index contributed by atoms with van der Waals surface area (Å²) in [5.41, 5.74) is -0.274. The number of aliphatic hydroxyl groups excluding tert-OH is 1. The Labute approximate surface area is 98.1 Å². The number of hydrogen-bond donors (Lipinski definition) is 1. The first-order chi connectivity index (χ1) is 7.71. The van der Waals surface area contributed by atoms with Crippen LogP contribution in [0.5, 0.6) is 0 Å². The fourth-order valence-corrected chi connectivity index (χ4v) is 1.06. The van der Waals surface area contributed by atoms with Gasteiger partial charge in [0.25, 0.3) is 5.78 Å². The number of ketones is 1. The summed E-state index contributed by atoms with van der Waals surface area (Å²) in [6, 6.07) is 2.85. The Morgan fingerprint density at radius 1 is 1.35 bits per heavy atom. The van der Waals surface area contributed by atoms with E-state index in [2.05, 4.69) is 0 Å². The van der Waals surface area contributed by atoms with Crippen molar-refractivity contribution in [1.29, 1.82) is 0 Å². The summed E-state index contributed by atoms with van der Waals surface area (Å²) < 4.78 is 48.5. The molecule has 17 heavy (non-hydrogen) atoms. The average molecular weight is 269 g/mol. The highest BCUT2D eigenvalue weighted by atomic mass is 35.5. The molecule has 0 aliphatic heterocycles. The van der Waals surface area contributed by atoms with Gasteiger partial charge >= 0.3 is 6.18 Å². The third-order valence-electron chi connectivity index (χ3n) is 1.76. The van der Waals surface area contributed by atoms with Gasteiger partial charge in [-0.1, -0.05) is 11.6 Å². The number of carbonyl (C=O) groups excluding carboxylic acids is 1. The lowest BCUT2D eigenvalue weighted by Crippen LogP contribution is -2.20. The Bertz CT molecular complexity index is 480. The number of aliphatic hydroxyl groups is 1. The summed E-state index contributed by atoms with van der Waals surface area (Å²) in [6.07, 6.45) is -5.11. The molecule has 7 heteroatoms. The van der Waals surface area contributed by atoms with Gasteiger partial charge in [-0.2, -0.15) is 13.2 Å². The van der Waals surface area contributed by atoms with Gasteiger partial charge in [0.15, 0.2) is 0 Å². The second-order valence-electron chi connectivity index (χ2n) is 3.02. The van der Waals surface area contributed by atoms with Crippen molar-refractivity contribution in [1.82, 2.24) is 0 Å². The Kier molecular flexibility index (Phi) is 3.77. The zero-order chi connectivity index (χ0) is 13.2. The van der Waals surface area contributed by atoms with Crippen LogP contribution in [0.3, 0.4) is 0 Å². The highest BCUT2D eigenvalue weighted by Gasteiger charge is 2.37. The topological polar surface area (TPSA) is 37.3 Å². The molecule has 0 aromatic heterocycles. The van der Waals surface area contributed by atoms with Crippen LogP contribution in [0.25, 0.3) is 5.76 Å². The molecule has 0 radical (unpaired) electrons. The fraction of sp³-hybridized carbons (Fsp3) is 0.100. The minimum absolute atomic E-state index is 0.0251. The van der Waals surface area contributed by atoms with Crippen molar-refractivity contribution in [2.24, 2.45) is 0 Å². The summed E-state index contributed by atoms with van der Waals surface area (Å²) >= 11 is 5.34. The molecular weight excluding hydrogens is 264 g/mol. The molecule has 2 nitrogen and oxygen atoms in total. The summed E-state index contributed by atoms with van der Waals surface area (Å²) in [5.74, 6) is -4.13. The van der Waals surface area contributed by atoms with Crippen molar-refractivity contribution in [3.8, 4) is 0 Å². The number of halogens is 5. The second-order valence-corrected chi connectivity index (χ2v) is 3.43. The minimum atomic E-state index is -5.08. The largest absolute Gasteiger partial charge is 0.507 e. The first kappa shape index (κ1) is 13.5. The maximum absolute atomic E-state index is 12.9. The zero-order valence-corrected chi connectivity index (χ0v) is 8.81. The number of alkyl halides is 3. The van der Waals surface area contributed by atoms with Crippen molar-refractivity contribution in [3.05, 3.63) is 40.7 Å². The van der Waals surface area contributed by atoms with Crippen LogP contribution >= 0.6 is 11.6 Å². The van der Waals surface area contributed by atoms with E-state index in [9.17, 15) is 27.5 Å². The minimum Gasteiger partial charge on any atom is -0.507 e. The highest BCUT2D eigenvalue weighted by Crippen LogP contribution is 2.22. The van der Waals surface area contributed by atoms with Crippen molar-refractivity contribution >= 4 is 23.1 Å². The Morgan fingerprint density at radius 3 is 2.41 bits per heavy atom. The van der Waals surface area contributed by atoms with E-state index in [1.807, 2.05) is 0 Å². The molecule has 0 atom stereocenters. The highest BCUT2D eigenvalue weighted by molar-refractivity contribution is 6.30. The van der Waals surface area contributed by atoms with Gasteiger partial charge in [-0.05, 0) is 18.2 Å². The molecule has 0 amide bonds. The number of hydrogen-bond acceptors (Lipinski definition) is 2. The predicted octanol–water partition coefficient (Wildman–Crippen LogP) is 3.51. The molecule has 92 valence electrons. The van der Waals surface area contributed by atoms with Gasteiger partial charge in [0.05, 0.1) is 5.02 Å². The number of rotatable bonds is 2. The van der Waals surface area contributed by atoms with Crippen LogP contribution < -0.4 is 0 Å². The van der Waals surface area contributed by atoms with Gasteiger partial charge < -0.3 is 5.11 Å². The molecule has 0 bridgehead atoms. The lowest BCUT2D eigenvalue weighted by molar-refractivity contribution is -0.165. The van der Waals surface area contributed by atoms with Crippen molar-refractivity contribution in [3.63, 3.8) is 0 Å². The number of carbonyl (C=O) groups is 1. The summed E-state index contributed by atoms with van der Waals surface area (Å²) in [7, 11) is 0. The van der Waals surface area contributed by atoms with E-state index in [0.29, 0.717) is 0 Å². The summed E-state index contributed by atoms with van der Waals surface area (Å²) in [5, 5.41) is 8.95. The van der Waals surface area contributed by atoms with E-state index in [1.54, 1.807) is 0 Å². The average Bonchev–Trinajstić information content (AvgIpc) is 2.20. The normalized spacial score (nSPS) is 12.6.